The lowest BCUT2D eigenvalue weighted by Gasteiger charge is -2.28. The molecule has 17 heavy (non-hydrogen) atoms. The number of hydrogen-bond donors (Lipinski definition) is 1. The number of piperidine rings is 2. The van der Waals surface area contributed by atoms with Crippen molar-refractivity contribution in [2.75, 3.05) is 26.2 Å². The second-order valence-electron chi connectivity index (χ2n) is 4.77. The average Bonchev–Trinajstić information content (AvgIpc) is 2.38. The number of nitrogens with one attached hydrogen (secondary N) is 1. The van der Waals surface area contributed by atoms with Crippen LogP contribution in [0.3, 0.4) is 0 Å². The van der Waals surface area contributed by atoms with E-state index in [9.17, 15) is 4.79 Å². The molecular formula is C12H23ClN2O2. The van der Waals surface area contributed by atoms with Crippen LogP contribution in [0.15, 0.2) is 0 Å². The van der Waals surface area contributed by atoms with Gasteiger partial charge in [0.05, 0.1) is 0 Å². The fraction of sp³-hybridized carbons (Fsp3) is 0.917. The summed E-state index contributed by atoms with van der Waals surface area (Å²) in [7, 11) is 0. The van der Waals surface area contributed by atoms with Gasteiger partial charge in [-0.25, -0.2) is 4.79 Å². The van der Waals surface area contributed by atoms with Crippen molar-refractivity contribution < 1.29 is 9.53 Å². The first-order chi connectivity index (χ1) is 7.86. The summed E-state index contributed by atoms with van der Waals surface area (Å²) in [5.74, 6) is 0. The van der Waals surface area contributed by atoms with E-state index in [0.717, 1.165) is 38.9 Å². The predicted octanol–water partition coefficient (Wildman–Crippen LogP) is 2.17. The van der Waals surface area contributed by atoms with Gasteiger partial charge in [0, 0.05) is 19.1 Å². The maximum absolute atomic E-state index is 11.7. The van der Waals surface area contributed by atoms with Gasteiger partial charge in [0.25, 0.3) is 0 Å². The third kappa shape index (κ3) is 4.72. The Labute approximate surface area is 109 Å². The number of halogens is 1. The zero-order valence-electron chi connectivity index (χ0n) is 10.3. The lowest BCUT2D eigenvalue weighted by atomic mass is 10.1. The number of ether oxygens (including phenoxy) is 1. The van der Waals surface area contributed by atoms with Crippen LogP contribution in [0, 0.1) is 0 Å². The Balaban J connectivity index is 0.00000144. The quantitative estimate of drug-likeness (QED) is 0.829. The van der Waals surface area contributed by atoms with Crippen LogP contribution in [0.4, 0.5) is 4.79 Å². The molecular weight excluding hydrogens is 240 g/mol. The molecule has 2 rings (SSSR count). The molecule has 2 saturated heterocycles. The van der Waals surface area contributed by atoms with E-state index in [4.69, 9.17) is 4.74 Å². The Bertz CT molecular complexity index is 227. The molecule has 5 heteroatoms. The van der Waals surface area contributed by atoms with Gasteiger partial charge in [-0.2, -0.15) is 0 Å². The summed E-state index contributed by atoms with van der Waals surface area (Å²) in [5.41, 5.74) is 0. The van der Waals surface area contributed by atoms with Crippen LogP contribution in [0.2, 0.25) is 0 Å². The molecule has 100 valence electrons. The van der Waals surface area contributed by atoms with E-state index in [1.165, 1.54) is 19.3 Å². The molecule has 0 spiro atoms. The first-order valence-corrected chi connectivity index (χ1v) is 6.51. The Morgan fingerprint density at radius 2 is 1.94 bits per heavy atom. The van der Waals surface area contributed by atoms with E-state index in [0.29, 0.717) is 12.6 Å². The van der Waals surface area contributed by atoms with Crippen LogP contribution in [0.1, 0.15) is 38.5 Å². The minimum atomic E-state index is -0.118. The minimum Gasteiger partial charge on any atom is -0.448 e. The highest BCUT2D eigenvalue weighted by molar-refractivity contribution is 5.85. The third-order valence-electron chi connectivity index (χ3n) is 3.43. The van der Waals surface area contributed by atoms with Crippen molar-refractivity contribution in [2.45, 2.75) is 44.6 Å². The van der Waals surface area contributed by atoms with Gasteiger partial charge in [-0.15, -0.1) is 12.4 Å². The summed E-state index contributed by atoms with van der Waals surface area (Å²) >= 11 is 0. The van der Waals surface area contributed by atoms with E-state index >= 15 is 0 Å². The molecule has 2 heterocycles. The van der Waals surface area contributed by atoms with Crippen molar-refractivity contribution in [1.82, 2.24) is 10.2 Å². The third-order valence-corrected chi connectivity index (χ3v) is 3.43. The van der Waals surface area contributed by atoms with Gasteiger partial charge >= 0.3 is 6.09 Å². The molecule has 4 nitrogen and oxygen atoms in total. The molecule has 0 aromatic carbocycles. The van der Waals surface area contributed by atoms with Crippen LogP contribution in [0.25, 0.3) is 0 Å². The van der Waals surface area contributed by atoms with Gasteiger partial charge in [0.15, 0.2) is 0 Å². The van der Waals surface area contributed by atoms with Crippen LogP contribution < -0.4 is 5.32 Å². The van der Waals surface area contributed by atoms with E-state index in [1.807, 2.05) is 4.90 Å². The molecule has 1 amide bonds. The number of nitrogens with zero attached hydrogens (tertiary/aromatic N) is 1. The summed E-state index contributed by atoms with van der Waals surface area (Å²) in [6.07, 6.45) is 7.00. The molecule has 0 radical (unpaired) electrons. The van der Waals surface area contributed by atoms with Gasteiger partial charge in [-0.3, -0.25) is 0 Å². The van der Waals surface area contributed by atoms with E-state index < -0.39 is 0 Å². The van der Waals surface area contributed by atoms with Crippen molar-refractivity contribution in [3.8, 4) is 0 Å². The molecule has 2 aliphatic heterocycles. The lowest BCUT2D eigenvalue weighted by molar-refractivity contribution is 0.0833. The topological polar surface area (TPSA) is 41.6 Å². The van der Waals surface area contributed by atoms with Crippen LogP contribution >= 0.6 is 12.4 Å². The molecule has 0 aromatic heterocycles. The number of carbonyl (C=O) groups excluding carboxylic acids is 1. The summed E-state index contributed by atoms with van der Waals surface area (Å²) < 4.78 is 5.35. The molecule has 0 aliphatic carbocycles. The second kappa shape index (κ2) is 7.77. The summed E-state index contributed by atoms with van der Waals surface area (Å²) in [4.78, 5) is 13.6. The fourth-order valence-electron chi connectivity index (χ4n) is 2.41. The molecule has 2 aliphatic rings. The Morgan fingerprint density at radius 3 is 2.59 bits per heavy atom. The normalized spacial score (nSPS) is 24.9. The molecule has 1 atom stereocenters. The highest BCUT2D eigenvalue weighted by Crippen LogP contribution is 2.11. The van der Waals surface area contributed by atoms with Crippen LogP contribution in [0.5, 0.6) is 0 Å². The Hall–Kier alpha value is -0.480. The largest absolute Gasteiger partial charge is 0.448 e. The number of carbonyl (C=O) groups is 1. The number of hydrogen-bond acceptors (Lipinski definition) is 3. The van der Waals surface area contributed by atoms with E-state index in [1.54, 1.807) is 0 Å². The molecule has 2 fully saturated rings. The average molecular weight is 263 g/mol. The molecule has 0 aromatic rings. The maximum atomic E-state index is 11.7. The van der Waals surface area contributed by atoms with Crippen molar-refractivity contribution >= 4 is 18.5 Å². The van der Waals surface area contributed by atoms with Gasteiger partial charge in [0.2, 0.25) is 0 Å². The summed E-state index contributed by atoms with van der Waals surface area (Å²) in [6, 6.07) is 0.377. The molecule has 1 N–H and O–H groups in total. The summed E-state index contributed by atoms with van der Waals surface area (Å²) in [5, 5.41) is 3.38. The van der Waals surface area contributed by atoms with Crippen molar-refractivity contribution in [3.05, 3.63) is 0 Å². The number of rotatable bonds is 2. The molecule has 1 unspecified atom stereocenters. The van der Waals surface area contributed by atoms with Crippen molar-refractivity contribution in [1.29, 1.82) is 0 Å². The molecule has 0 saturated carbocycles. The van der Waals surface area contributed by atoms with Crippen LogP contribution in [-0.2, 0) is 4.74 Å². The Morgan fingerprint density at radius 1 is 1.18 bits per heavy atom. The maximum Gasteiger partial charge on any atom is 0.409 e. The van der Waals surface area contributed by atoms with Gasteiger partial charge < -0.3 is 15.0 Å². The highest BCUT2D eigenvalue weighted by atomic mass is 35.5. The first-order valence-electron chi connectivity index (χ1n) is 6.51. The van der Waals surface area contributed by atoms with Crippen LogP contribution in [-0.4, -0.2) is 43.3 Å². The zero-order chi connectivity index (χ0) is 11.2. The standard InChI is InChI=1S/C12H22N2O2.ClH/c15-12(14-8-4-1-5-9-14)16-10-11-6-2-3-7-13-11;/h11,13H,1-10H2;1H. The first kappa shape index (κ1) is 14.6. The second-order valence-corrected chi connectivity index (χ2v) is 4.77. The Kier molecular flexibility index (Phi) is 6.66. The van der Waals surface area contributed by atoms with E-state index in [2.05, 4.69) is 5.32 Å². The number of likely N-dealkylation sites (tertiary alicyclic amines) is 1. The number of amides is 1. The van der Waals surface area contributed by atoms with E-state index in [-0.39, 0.29) is 18.5 Å². The smallest absolute Gasteiger partial charge is 0.409 e. The van der Waals surface area contributed by atoms with Crippen molar-refractivity contribution in [3.63, 3.8) is 0 Å². The fourth-order valence-corrected chi connectivity index (χ4v) is 2.41. The van der Waals surface area contributed by atoms with Gasteiger partial charge in [-0.05, 0) is 38.6 Å². The lowest BCUT2D eigenvalue weighted by Crippen LogP contribution is -2.41. The van der Waals surface area contributed by atoms with Gasteiger partial charge in [0.1, 0.15) is 6.61 Å². The zero-order valence-corrected chi connectivity index (χ0v) is 11.1. The SMILES string of the molecule is Cl.O=C(OCC1CCCCN1)N1CCCCC1. The molecule has 0 bridgehead atoms. The summed E-state index contributed by atoms with van der Waals surface area (Å²) in [6.45, 7) is 3.34. The predicted molar refractivity (Wildman–Crippen MR) is 69.7 cm³/mol. The van der Waals surface area contributed by atoms with Crippen molar-refractivity contribution in [2.24, 2.45) is 0 Å². The van der Waals surface area contributed by atoms with Gasteiger partial charge in [-0.1, -0.05) is 6.42 Å². The minimum absolute atomic E-state index is 0. The highest BCUT2D eigenvalue weighted by Gasteiger charge is 2.20. The monoisotopic (exact) mass is 262 g/mol.